The lowest BCUT2D eigenvalue weighted by molar-refractivity contribution is 0.0652. The van der Waals surface area contributed by atoms with Crippen molar-refractivity contribution in [2.45, 2.75) is 23.7 Å². The van der Waals surface area contributed by atoms with Gasteiger partial charge in [-0.05, 0) is 25.0 Å². The van der Waals surface area contributed by atoms with Gasteiger partial charge in [-0.25, -0.2) is 0 Å². The fourth-order valence-corrected chi connectivity index (χ4v) is 2.41. The third-order valence-corrected chi connectivity index (χ3v) is 3.48. The van der Waals surface area contributed by atoms with Crippen molar-refractivity contribution in [3.05, 3.63) is 35.4 Å². The van der Waals surface area contributed by atoms with Crippen molar-refractivity contribution < 1.29 is 9.59 Å². The number of hydrogen-bond donors (Lipinski definition) is 0. The summed E-state index contributed by atoms with van der Waals surface area (Å²) in [5.41, 5.74) is 1.08. The van der Waals surface area contributed by atoms with Crippen LogP contribution in [-0.4, -0.2) is 27.2 Å². The Morgan fingerprint density at radius 3 is 2.18 bits per heavy atom. The van der Waals surface area contributed by atoms with E-state index in [0.29, 0.717) is 21.6 Å². The summed E-state index contributed by atoms with van der Waals surface area (Å²) < 4.78 is 0.572. The summed E-state index contributed by atoms with van der Waals surface area (Å²) in [4.78, 5) is 25.3. The van der Waals surface area contributed by atoms with E-state index < -0.39 is 0 Å². The molecule has 2 amide bonds. The summed E-state index contributed by atoms with van der Waals surface area (Å²) in [7, 11) is 0. The first-order valence-electron chi connectivity index (χ1n) is 5.70. The molecule has 0 saturated heterocycles. The van der Waals surface area contributed by atoms with Gasteiger partial charge in [0.05, 0.1) is 11.1 Å². The zero-order valence-corrected chi connectivity index (χ0v) is 11.8. The largest absolute Gasteiger partial charge is 0.274 e. The lowest BCUT2D eigenvalue weighted by atomic mass is 10.1. The molecule has 1 atom stereocenters. The lowest BCUT2D eigenvalue weighted by Gasteiger charge is -2.13. The SMILES string of the molecule is CC(I)CCCN1C(=O)c2ccccc2C1=O. The smallest absolute Gasteiger partial charge is 0.261 e. The first kappa shape index (κ1) is 12.5. The maximum absolute atomic E-state index is 12.0. The van der Waals surface area contributed by atoms with Gasteiger partial charge >= 0.3 is 0 Å². The van der Waals surface area contributed by atoms with Crippen LogP contribution in [0.3, 0.4) is 0 Å². The zero-order valence-electron chi connectivity index (χ0n) is 9.65. The normalized spacial score (nSPS) is 16.2. The zero-order chi connectivity index (χ0) is 12.4. The minimum atomic E-state index is -0.147. The van der Waals surface area contributed by atoms with E-state index in [9.17, 15) is 9.59 Å². The van der Waals surface area contributed by atoms with Gasteiger partial charge in [0.15, 0.2) is 0 Å². The standard InChI is InChI=1S/C13H14INO2/c1-9(14)5-4-8-15-12(16)10-6-2-3-7-11(10)13(15)17/h2-3,6-7,9H,4-5,8H2,1H3. The molecule has 90 valence electrons. The van der Waals surface area contributed by atoms with Gasteiger partial charge in [0.25, 0.3) is 11.8 Å². The number of nitrogens with zero attached hydrogens (tertiary/aromatic N) is 1. The molecule has 0 aromatic heterocycles. The van der Waals surface area contributed by atoms with Gasteiger partial charge in [0.2, 0.25) is 0 Å². The fraction of sp³-hybridized carbons (Fsp3) is 0.385. The van der Waals surface area contributed by atoms with Crippen molar-refractivity contribution in [1.29, 1.82) is 0 Å². The molecule has 1 aliphatic heterocycles. The number of imide groups is 1. The van der Waals surface area contributed by atoms with Gasteiger partial charge in [-0.1, -0.05) is 41.6 Å². The van der Waals surface area contributed by atoms with Gasteiger partial charge in [-0.3, -0.25) is 14.5 Å². The Morgan fingerprint density at radius 2 is 1.71 bits per heavy atom. The summed E-state index contributed by atoms with van der Waals surface area (Å²) >= 11 is 2.35. The molecule has 0 fully saturated rings. The molecule has 3 nitrogen and oxygen atoms in total. The minimum Gasteiger partial charge on any atom is -0.274 e. The molecule has 1 aromatic carbocycles. The number of hydrogen-bond acceptors (Lipinski definition) is 2. The van der Waals surface area contributed by atoms with Crippen molar-refractivity contribution in [3.8, 4) is 0 Å². The van der Waals surface area contributed by atoms with Crippen molar-refractivity contribution >= 4 is 34.4 Å². The van der Waals surface area contributed by atoms with Crippen molar-refractivity contribution in [1.82, 2.24) is 4.90 Å². The van der Waals surface area contributed by atoms with Crippen LogP contribution in [0.25, 0.3) is 0 Å². The lowest BCUT2D eigenvalue weighted by Crippen LogP contribution is -2.30. The average molecular weight is 343 g/mol. The summed E-state index contributed by atoms with van der Waals surface area (Å²) in [5, 5.41) is 0. The predicted molar refractivity (Wildman–Crippen MR) is 74.5 cm³/mol. The van der Waals surface area contributed by atoms with Crippen molar-refractivity contribution in [2.24, 2.45) is 0 Å². The van der Waals surface area contributed by atoms with E-state index in [1.54, 1.807) is 24.3 Å². The molecule has 1 aromatic rings. The summed E-state index contributed by atoms with van der Waals surface area (Å²) in [5.74, 6) is -0.293. The molecular weight excluding hydrogens is 329 g/mol. The molecule has 0 spiro atoms. The maximum Gasteiger partial charge on any atom is 0.261 e. The van der Waals surface area contributed by atoms with Crippen LogP contribution in [0, 0.1) is 0 Å². The summed E-state index contributed by atoms with van der Waals surface area (Å²) in [6.07, 6.45) is 1.89. The average Bonchev–Trinajstić information content (AvgIpc) is 2.54. The number of fused-ring (bicyclic) bond motifs is 1. The second kappa shape index (κ2) is 5.16. The van der Waals surface area contributed by atoms with Crippen LogP contribution < -0.4 is 0 Å². The number of carbonyl (C=O) groups is 2. The van der Waals surface area contributed by atoms with Crippen LogP contribution in [0.2, 0.25) is 0 Å². The number of carbonyl (C=O) groups excluding carboxylic acids is 2. The molecule has 1 heterocycles. The van der Waals surface area contributed by atoms with Crippen LogP contribution in [0.4, 0.5) is 0 Å². The Kier molecular flexibility index (Phi) is 3.81. The number of benzene rings is 1. The molecule has 17 heavy (non-hydrogen) atoms. The van der Waals surface area contributed by atoms with Gasteiger partial charge in [0.1, 0.15) is 0 Å². The highest BCUT2D eigenvalue weighted by molar-refractivity contribution is 14.1. The second-order valence-corrected chi connectivity index (χ2v) is 6.36. The molecule has 1 aliphatic rings. The van der Waals surface area contributed by atoms with Crippen LogP contribution in [-0.2, 0) is 0 Å². The minimum absolute atomic E-state index is 0.147. The van der Waals surface area contributed by atoms with E-state index in [4.69, 9.17) is 0 Å². The molecule has 0 aliphatic carbocycles. The molecule has 0 bridgehead atoms. The molecular formula is C13H14INO2. The van der Waals surface area contributed by atoms with E-state index >= 15 is 0 Å². The summed E-state index contributed by atoms with van der Waals surface area (Å²) in [6.45, 7) is 2.66. The number of halogens is 1. The molecule has 1 unspecified atom stereocenters. The third-order valence-electron chi connectivity index (χ3n) is 2.86. The Morgan fingerprint density at radius 1 is 1.18 bits per heavy atom. The van der Waals surface area contributed by atoms with Gasteiger partial charge in [-0.15, -0.1) is 0 Å². The van der Waals surface area contributed by atoms with E-state index in [2.05, 4.69) is 29.5 Å². The van der Waals surface area contributed by atoms with Crippen LogP contribution in [0.15, 0.2) is 24.3 Å². The molecule has 4 heteroatoms. The maximum atomic E-state index is 12.0. The molecule has 0 saturated carbocycles. The monoisotopic (exact) mass is 343 g/mol. The quantitative estimate of drug-likeness (QED) is 0.479. The van der Waals surface area contributed by atoms with Gasteiger partial charge in [-0.2, -0.15) is 0 Å². The Balaban J connectivity index is 2.08. The summed E-state index contributed by atoms with van der Waals surface area (Å²) in [6, 6.07) is 7.02. The van der Waals surface area contributed by atoms with E-state index in [1.165, 1.54) is 4.90 Å². The van der Waals surface area contributed by atoms with Gasteiger partial charge < -0.3 is 0 Å². The van der Waals surface area contributed by atoms with Crippen LogP contribution >= 0.6 is 22.6 Å². The predicted octanol–water partition coefficient (Wildman–Crippen LogP) is 2.89. The van der Waals surface area contributed by atoms with Crippen molar-refractivity contribution in [3.63, 3.8) is 0 Å². The Labute approximate surface area is 114 Å². The highest BCUT2D eigenvalue weighted by Gasteiger charge is 2.34. The highest BCUT2D eigenvalue weighted by atomic mass is 127. The Hall–Kier alpha value is -0.910. The van der Waals surface area contributed by atoms with Crippen LogP contribution in [0.5, 0.6) is 0 Å². The second-order valence-electron chi connectivity index (χ2n) is 4.23. The van der Waals surface area contributed by atoms with Crippen LogP contribution in [0.1, 0.15) is 40.5 Å². The number of alkyl halides is 1. The number of rotatable bonds is 4. The highest BCUT2D eigenvalue weighted by Crippen LogP contribution is 2.23. The van der Waals surface area contributed by atoms with Gasteiger partial charge in [0, 0.05) is 10.5 Å². The third kappa shape index (κ3) is 2.51. The van der Waals surface area contributed by atoms with E-state index in [1.807, 2.05) is 0 Å². The van der Waals surface area contributed by atoms with E-state index in [0.717, 1.165) is 12.8 Å². The first-order chi connectivity index (χ1) is 8.11. The molecule has 2 rings (SSSR count). The first-order valence-corrected chi connectivity index (χ1v) is 6.95. The Bertz CT molecular complexity index is 421. The molecule has 0 radical (unpaired) electrons. The fourth-order valence-electron chi connectivity index (χ4n) is 1.97. The van der Waals surface area contributed by atoms with Crippen molar-refractivity contribution in [2.75, 3.05) is 6.54 Å². The van der Waals surface area contributed by atoms with E-state index in [-0.39, 0.29) is 11.8 Å². The molecule has 0 N–H and O–H groups in total. The topological polar surface area (TPSA) is 37.4 Å². The number of amides is 2.